The van der Waals surface area contributed by atoms with Crippen LogP contribution in [0, 0.1) is 0 Å². The number of hydrogen-bond acceptors (Lipinski definition) is 4. The maximum atomic E-state index is 6.41. The van der Waals surface area contributed by atoms with Crippen LogP contribution in [0.2, 0.25) is 5.02 Å². The molecule has 0 amide bonds. The van der Waals surface area contributed by atoms with E-state index in [1.807, 2.05) is 24.3 Å². The number of nitrogen functional groups attached to an aromatic ring is 1. The van der Waals surface area contributed by atoms with Crippen molar-refractivity contribution in [2.45, 2.75) is 31.9 Å². The molecule has 1 unspecified atom stereocenters. The minimum absolute atomic E-state index is 0.492. The standard InChI is InChI=1S/C26H28ClN3O/c27-21-10-9-20-18-31-26-6-2-1-5-24(26)30(25(20)16-21)17-23-4-3-14-29(23)15-13-19-7-11-22(28)12-8-19/h1-2,5-12,16,23H,3-4,13-15,17-18,28H2. The average molecular weight is 434 g/mol. The van der Waals surface area contributed by atoms with Gasteiger partial charge in [-0.25, -0.2) is 0 Å². The number of ether oxygens (including phenoxy) is 1. The van der Waals surface area contributed by atoms with Gasteiger partial charge in [-0.2, -0.15) is 0 Å². The largest absolute Gasteiger partial charge is 0.487 e. The Bertz CT molecular complexity index is 1050. The molecule has 31 heavy (non-hydrogen) atoms. The van der Waals surface area contributed by atoms with Crippen LogP contribution in [0.25, 0.3) is 0 Å². The molecule has 4 nitrogen and oxygen atoms in total. The summed E-state index contributed by atoms with van der Waals surface area (Å²) in [6, 6.07) is 23.2. The molecule has 0 aliphatic carbocycles. The molecule has 5 heteroatoms. The Kier molecular flexibility index (Phi) is 5.75. The van der Waals surface area contributed by atoms with Gasteiger partial charge in [0.15, 0.2) is 0 Å². The number of para-hydroxylation sites is 2. The van der Waals surface area contributed by atoms with Gasteiger partial charge in [0.2, 0.25) is 0 Å². The Labute approximate surface area is 189 Å². The van der Waals surface area contributed by atoms with Crippen molar-refractivity contribution in [1.29, 1.82) is 0 Å². The van der Waals surface area contributed by atoms with Crippen LogP contribution in [-0.2, 0) is 13.0 Å². The second-order valence-electron chi connectivity index (χ2n) is 8.46. The van der Waals surface area contributed by atoms with Gasteiger partial charge in [-0.15, -0.1) is 0 Å². The van der Waals surface area contributed by atoms with E-state index in [0.29, 0.717) is 12.6 Å². The Hall–Kier alpha value is -2.69. The lowest BCUT2D eigenvalue weighted by Gasteiger charge is -2.33. The summed E-state index contributed by atoms with van der Waals surface area (Å²) in [5, 5.41) is 0.759. The fourth-order valence-corrected chi connectivity index (χ4v) is 4.92. The Morgan fingerprint density at radius 2 is 1.84 bits per heavy atom. The van der Waals surface area contributed by atoms with Crippen LogP contribution < -0.4 is 15.4 Å². The molecular weight excluding hydrogens is 406 g/mol. The lowest BCUT2D eigenvalue weighted by Crippen LogP contribution is -2.39. The van der Waals surface area contributed by atoms with Gasteiger partial charge in [0, 0.05) is 41.1 Å². The molecule has 2 heterocycles. The third kappa shape index (κ3) is 4.36. The minimum Gasteiger partial charge on any atom is -0.487 e. The molecule has 3 aromatic carbocycles. The Morgan fingerprint density at radius 1 is 1.00 bits per heavy atom. The van der Waals surface area contributed by atoms with Gasteiger partial charge in [-0.05, 0) is 67.8 Å². The van der Waals surface area contributed by atoms with E-state index in [2.05, 4.69) is 52.3 Å². The molecule has 0 saturated carbocycles. The lowest BCUT2D eigenvalue weighted by atomic mass is 10.1. The van der Waals surface area contributed by atoms with Crippen LogP contribution in [0.4, 0.5) is 17.1 Å². The fraction of sp³-hybridized carbons (Fsp3) is 0.308. The third-order valence-electron chi connectivity index (χ3n) is 6.44. The SMILES string of the molecule is Nc1ccc(CCN2CCCC2CN2c3cc(Cl)ccc3COc3ccccc32)cc1. The van der Waals surface area contributed by atoms with E-state index in [1.54, 1.807) is 0 Å². The molecule has 0 aromatic heterocycles. The van der Waals surface area contributed by atoms with Crippen LogP contribution in [0.15, 0.2) is 66.7 Å². The van der Waals surface area contributed by atoms with Crippen LogP contribution in [0.1, 0.15) is 24.0 Å². The molecule has 1 atom stereocenters. The predicted molar refractivity (Wildman–Crippen MR) is 128 cm³/mol. The van der Waals surface area contributed by atoms with E-state index in [1.165, 1.54) is 24.0 Å². The Morgan fingerprint density at radius 3 is 2.71 bits per heavy atom. The van der Waals surface area contributed by atoms with Gasteiger partial charge >= 0.3 is 0 Å². The number of fused-ring (bicyclic) bond motifs is 2. The highest BCUT2D eigenvalue weighted by atomic mass is 35.5. The first-order valence-electron chi connectivity index (χ1n) is 11.0. The number of nitrogens with two attached hydrogens (primary N) is 1. The van der Waals surface area contributed by atoms with Crippen molar-refractivity contribution in [3.8, 4) is 5.75 Å². The van der Waals surface area contributed by atoms with Crippen LogP contribution in [0.5, 0.6) is 5.75 Å². The van der Waals surface area contributed by atoms with Crippen molar-refractivity contribution >= 4 is 28.7 Å². The zero-order valence-corrected chi connectivity index (χ0v) is 18.4. The minimum atomic E-state index is 0.492. The van der Waals surface area contributed by atoms with Gasteiger partial charge in [0.05, 0.1) is 5.69 Å². The van der Waals surface area contributed by atoms with Crippen LogP contribution >= 0.6 is 11.6 Å². The van der Waals surface area contributed by atoms with E-state index < -0.39 is 0 Å². The molecule has 0 spiro atoms. The molecule has 1 saturated heterocycles. The number of rotatable bonds is 5. The number of benzene rings is 3. The third-order valence-corrected chi connectivity index (χ3v) is 6.67. The zero-order chi connectivity index (χ0) is 21.2. The van der Waals surface area contributed by atoms with Crippen molar-refractivity contribution in [2.24, 2.45) is 0 Å². The lowest BCUT2D eigenvalue weighted by molar-refractivity contribution is 0.261. The number of nitrogens with zero attached hydrogens (tertiary/aromatic N) is 2. The highest BCUT2D eigenvalue weighted by molar-refractivity contribution is 6.30. The van der Waals surface area contributed by atoms with Gasteiger partial charge in [-0.3, -0.25) is 4.90 Å². The van der Waals surface area contributed by atoms with Gasteiger partial charge in [-0.1, -0.05) is 41.9 Å². The summed E-state index contributed by atoms with van der Waals surface area (Å²) in [4.78, 5) is 5.05. The molecule has 2 aliphatic rings. The summed E-state index contributed by atoms with van der Waals surface area (Å²) in [6.07, 6.45) is 3.48. The molecule has 5 rings (SSSR count). The number of halogens is 1. The number of likely N-dealkylation sites (tertiary alicyclic amines) is 1. The molecule has 3 aromatic rings. The summed E-state index contributed by atoms with van der Waals surface area (Å²) >= 11 is 6.41. The number of anilines is 3. The molecule has 160 valence electrons. The van der Waals surface area contributed by atoms with Gasteiger partial charge in [0.25, 0.3) is 0 Å². The summed E-state index contributed by atoms with van der Waals surface area (Å²) < 4.78 is 6.14. The second kappa shape index (κ2) is 8.81. The molecule has 1 fully saturated rings. The van der Waals surface area contributed by atoms with E-state index in [4.69, 9.17) is 22.1 Å². The normalized spacial score (nSPS) is 18.2. The van der Waals surface area contributed by atoms with Gasteiger partial charge < -0.3 is 15.4 Å². The molecular formula is C26H28ClN3O. The van der Waals surface area contributed by atoms with Crippen molar-refractivity contribution in [3.05, 3.63) is 82.9 Å². The number of hydrogen-bond donors (Lipinski definition) is 1. The maximum absolute atomic E-state index is 6.41. The highest BCUT2D eigenvalue weighted by Crippen LogP contribution is 2.41. The van der Waals surface area contributed by atoms with Crippen molar-refractivity contribution < 1.29 is 4.74 Å². The van der Waals surface area contributed by atoms with Crippen LogP contribution in [-0.4, -0.2) is 30.6 Å². The summed E-state index contributed by atoms with van der Waals surface area (Å²) in [5.41, 5.74) is 11.4. The van der Waals surface area contributed by atoms with Gasteiger partial charge in [0.1, 0.15) is 12.4 Å². The fourth-order valence-electron chi connectivity index (χ4n) is 4.76. The first-order chi connectivity index (χ1) is 15.2. The van der Waals surface area contributed by atoms with Crippen molar-refractivity contribution in [2.75, 3.05) is 30.3 Å². The van der Waals surface area contributed by atoms with E-state index in [9.17, 15) is 0 Å². The van der Waals surface area contributed by atoms with Crippen LogP contribution in [0.3, 0.4) is 0 Å². The first kappa shape index (κ1) is 20.2. The maximum Gasteiger partial charge on any atom is 0.143 e. The van der Waals surface area contributed by atoms with Crippen molar-refractivity contribution in [3.63, 3.8) is 0 Å². The topological polar surface area (TPSA) is 41.7 Å². The molecule has 0 radical (unpaired) electrons. The highest BCUT2D eigenvalue weighted by Gasteiger charge is 2.30. The van der Waals surface area contributed by atoms with E-state index in [-0.39, 0.29) is 0 Å². The predicted octanol–water partition coefficient (Wildman–Crippen LogP) is 5.66. The second-order valence-corrected chi connectivity index (χ2v) is 8.90. The quantitative estimate of drug-likeness (QED) is 0.527. The zero-order valence-electron chi connectivity index (χ0n) is 17.6. The van der Waals surface area contributed by atoms with E-state index >= 15 is 0 Å². The first-order valence-corrected chi connectivity index (χ1v) is 11.4. The Balaban J connectivity index is 1.39. The molecule has 2 N–H and O–H groups in total. The summed E-state index contributed by atoms with van der Waals surface area (Å²) in [5.74, 6) is 0.932. The molecule has 2 aliphatic heterocycles. The summed E-state index contributed by atoms with van der Waals surface area (Å²) in [7, 11) is 0. The van der Waals surface area contributed by atoms with E-state index in [0.717, 1.165) is 53.9 Å². The molecule has 0 bridgehead atoms. The smallest absolute Gasteiger partial charge is 0.143 e. The van der Waals surface area contributed by atoms with Crippen molar-refractivity contribution in [1.82, 2.24) is 4.90 Å². The summed E-state index contributed by atoms with van der Waals surface area (Å²) in [6.45, 7) is 3.69. The monoisotopic (exact) mass is 433 g/mol. The average Bonchev–Trinajstić information content (AvgIpc) is 3.17.